The van der Waals surface area contributed by atoms with Gasteiger partial charge in [-0.25, -0.2) is 4.39 Å². The second kappa shape index (κ2) is 7.24. The molecule has 1 rings (SSSR count). The third kappa shape index (κ3) is 4.20. The van der Waals surface area contributed by atoms with Crippen LogP contribution in [0.3, 0.4) is 0 Å². The van der Waals surface area contributed by atoms with Crippen LogP contribution in [0.1, 0.15) is 20.3 Å². The van der Waals surface area contributed by atoms with Crippen LogP contribution in [0.5, 0.6) is 0 Å². The molecule has 0 aliphatic carbocycles. The van der Waals surface area contributed by atoms with E-state index < -0.39 is 5.54 Å². The molecule has 1 atom stereocenters. The molecule has 0 fully saturated rings. The maximum Gasteiger partial charge on any atom is 0.326 e. The van der Waals surface area contributed by atoms with Gasteiger partial charge in [0.05, 0.1) is 6.61 Å². The van der Waals surface area contributed by atoms with Crippen molar-refractivity contribution in [3.63, 3.8) is 0 Å². The van der Waals surface area contributed by atoms with Gasteiger partial charge in [-0.1, -0.05) is 6.07 Å². The van der Waals surface area contributed by atoms with Crippen LogP contribution in [0.25, 0.3) is 0 Å². The largest absolute Gasteiger partial charge is 0.465 e. The second-order valence-electron chi connectivity index (χ2n) is 4.95. The summed E-state index contributed by atoms with van der Waals surface area (Å²) in [5, 5.41) is 3.01. The zero-order valence-electron chi connectivity index (χ0n) is 12.6. The fourth-order valence-corrected chi connectivity index (χ4v) is 1.85. The van der Waals surface area contributed by atoms with Gasteiger partial charge >= 0.3 is 5.97 Å². The average molecular weight is 282 g/mol. The van der Waals surface area contributed by atoms with Gasteiger partial charge in [-0.15, -0.1) is 0 Å². The van der Waals surface area contributed by atoms with Crippen LogP contribution in [-0.4, -0.2) is 38.8 Å². The lowest BCUT2D eigenvalue weighted by molar-refractivity contribution is -0.150. The number of esters is 1. The van der Waals surface area contributed by atoms with Gasteiger partial charge in [0, 0.05) is 19.3 Å². The Morgan fingerprint density at radius 2 is 2.20 bits per heavy atom. The van der Waals surface area contributed by atoms with Crippen molar-refractivity contribution in [2.75, 3.05) is 32.1 Å². The molecule has 0 aromatic heterocycles. The molecule has 0 bridgehead atoms. The summed E-state index contributed by atoms with van der Waals surface area (Å²) < 4.78 is 18.3. The number of halogens is 1. The summed E-state index contributed by atoms with van der Waals surface area (Å²) in [6, 6.07) is 6.39. The fraction of sp³-hybridized carbons (Fsp3) is 0.533. The predicted molar refractivity (Wildman–Crippen MR) is 78.4 cm³/mol. The summed E-state index contributed by atoms with van der Waals surface area (Å²) in [6.07, 6.45) is 0.565. The molecule has 5 heteroatoms. The predicted octanol–water partition coefficient (Wildman–Crippen LogP) is 2.19. The van der Waals surface area contributed by atoms with Crippen LogP contribution >= 0.6 is 0 Å². The smallest absolute Gasteiger partial charge is 0.326 e. The van der Waals surface area contributed by atoms with Gasteiger partial charge in [-0.05, 0) is 45.5 Å². The van der Waals surface area contributed by atoms with Crippen molar-refractivity contribution in [1.29, 1.82) is 0 Å². The number of likely N-dealkylation sites (N-methyl/N-ethyl adjacent to an activating group) is 1. The van der Waals surface area contributed by atoms with Gasteiger partial charge in [0.15, 0.2) is 0 Å². The number of nitrogens with zero attached hydrogens (tertiary/aromatic N) is 1. The van der Waals surface area contributed by atoms with Crippen molar-refractivity contribution < 1.29 is 13.9 Å². The van der Waals surface area contributed by atoms with E-state index in [-0.39, 0.29) is 11.8 Å². The number of nitrogens with one attached hydrogen (secondary N) is 1. The maximum absolute atomic E-state index is 13.2. The molecule has 0 aliphatic heterocycles. The monoisotopic (exact) mass is 282 g/mol. The highest BCUT2D eigenvalue weighted by Crippen LogP contribution is 2.17. The highest BCUT2D eigenvalue weighted by molar-refractivity contribution is 5.80. The SMILES string of the molecule is CCOC(=O)C(C)(CCN(C)c1cccc(F)c1)NC. The van der Waals surface area contributed by atoms with E-state index in [9.17, 15) is 9.18 Å². The Morgan fingerprint density at radius 1 is 1.50 bits per heavy atom. The third-order valence-electron chi connectivity index (χ3n) is 3.47. The number of hydrogen-bond donors (Lipinski definition) is 1. The van der Waals surface area contributed by atoms with Gasteiger partial charge in [0.1, 0.15) is 11.4 Å². The summed E-state index contributed by atoms with van der Waals surface area (Å²) in [7, 11) is 3.61. The van der Waals surface area contributed by atoms with Crippen molar-refractivity contribution in [3.8, 4) is 0 Å². The van der Waals surface area contributed by atoms with Crippen molar-refractivity contribution in [2.45, 2.75) is 25.8 Å². The van der Waals surface area contributed by atoms with Gasteiger partial charge in [-0.2, -0.15) is 0 Å². The first kappa shape index (κ1) is 16.4. The van der Waals surface area contributed by atoms with Gasteiger partial charge in [0.2, 0.25) is 0 Å². The van der Waals surface area contributed by atoms with Crippen LogP contribution in [0, 0.1) is 5.82 Å². The van der Waals surface area contributed by atoms with E-state index >= 15 is 0 Å². The molecule has 0 saturated carbocycles. The highest BCUT2D eigenvalue weighted by Gasteiger charge is 2.32. The zero-order chi connectivity index (χ0) is 15.2. The second-order valence-corrected chi connectivity index (χ2v) is 4.95. The van der Waals surface area contributed by atoms with E-state index in [1.165, 1.54) is 12.1 Å². The number of anilines is 1. The molecule has 0 amide bonds. The lowest BCUT2D eigenvalue weighted by Gasteiger charge is -2.29. The summed E-state index contributed by atoms with van der Waals surface area (Å²) in [5.41, 5.74) is 0.0461. The lowest BCUT2D eigenvalue weighted by Crippen LogP contribution is -2.50. The maximum atomic E-state index is 13.2. The Balaban J connectivity index is 2.66. The molecule has 1 N–H and O–H groups in total. The van der Waals surface area contributed by atoms with Crippen LogP contribution in [0.4, 0.5) is 10.1 Å². The molecule has 20 heavy (non-hydrogen) atoms. The highest BCUT2D eigenvalue weighted by atomic mass is 19.1. The Hall–Kier alpha value is -1.62. The number of hydrogen-bond acceptors (Lipinski definition) is 4. The molecule has 0 spiro atoms. The van der Waals surface area contributed by atoms with E-state index in [0.717, 1.165) is 5.69 Å². The first-order valence-corrected chi connectivity index (χ1v) is 6.75. The fourth-order valence-electron chi connectivity index (χ4n) is 1.85. The minimum Gasteiger partial charge on any atom is -0.465 e. The van der Waals surface area contributed by atoms with Crippen LogP contribution in [0.2, 0.25) is 0 Å². The molecule has 4 nitrogen and oxygen atoms in total. The van der Waals surface area contributed by atoms with Gasteiger partial charge < -0.3 is 15.0 Å². The lowest BCUT2D eigenvalue weighted by atomic mass is 9.98. The number of ether oxygens (including phenoxy) is 1. The first-order chi connectivity index (χ1) is 9.42. The van der Waals surface area contributed by atoms with Crippen molar-refractivity contribution in [2.24, 2.45) is 0 Å². The topological polar surface area (TPSA) is 41.6 Å². The summed E-state index contributed by atoms with van der Waals surface area (Å²) >= 11 is 0. The zero-order valence-corrected chi connectivity index (χ0v) is 12.6. The Bertz CT molecular complexity index is 453. The van der Waals surface area contributed by atoms with Gasteiger partial charge in [-0.3, -0.25) is 4.79 Å². The Morgan fingerprint density at radius 3 is 2.75 bits per heavy atom. The molecular weight excluding hydrogens is 259 g/mol. The Labute approximate surface area is 119 Å². The number of rotatable bonds is 7. The quantitative estimate of drug-likeness (QED) is 0.778. The summed E-state index contributed by atoms with van der Waals surface area (Å²) in [5.74, 6) is -0.536. The molecule has 0 radical (unpaired) electrons. The standard InChI is InChI=1S/C15H23FN2O2/c1-5-20-14(19)15(2,17-3)9-10-18(4)13-8-6-7-12(16)11-13/h6-8,11,17H,5,9-10H2,1-4H3. The number of carbonyl (C=O) groups excluding carboxylic acids is 1. The molecule has 112 valence electrons. The van der Waals surface area contributed by atoms with E-state index in [0.29, 0.717) is 19.6 Å². The van der Waals surface area contributed by atoms with Crippen molar-refractivity contribution in [1.82, 2.24) is 5.32 Å². The van der Waals surface area contributed by atoms with E-state index in [2.05, 4.69) is 5.32 Å². The molecule has 1 aromatic carbocycles. The van der Waals surface area contributed by atoms with Crippen LogP contribution in [0.15, 0.2) is 24.3 Å². The minimum atomic E-state index is -0.738. The van der Waals surface area contributed by atoms with Gasteiger partial charge in [0.25, 0.3) is 0 Å². The van der Waals surface area contributed by atoms with Crippen molar-refractivity contribution in [3.05, 3.63) is 30.1 Å². The van der Waals surface area contributed by atoms with Crippen molar-refractivity contribution >= 4 is 11.7 Å². The molecule has 1 unspecified atom stereocenters. The first-order valence-electron chi connectivity index (χ1n) is 6.75. The molecule has 1 aromatic rings. The van der Waals surface area contributed by atoms with Crippen LogP contribution < -0.4 is 10.2 Å². The molecule has 0 aliphatic rings. The Kier molecular flexibility index (Phi) is 5.95. The molecule has 0 heterocycles. The molecular formula is C15H23FN2O2. The van der Waals surface area contributed by atoms with E-state index in [1.807, 2.05) is 24.9 Å². The van der Waals surface area contributed by atoms with E-state index in [1.54, 1.807) is 20.0 Å². The number of benzene rings is 1. The summed E-state index contributed by atoms with van der Waals surface area (Å²) in [6.45, 7) is 4.56. The summed E-state index contributed by atoms with van der Waals surface area (Å²) in [4.78, 5) is 13.9. The number of carbonyl (C=O) groups is 1. The average Bonchev–Trinajstić information content (AvgIpc) is 2.44. The van der Waals surface area contributed by atoms with E-state index in [4.69, 9.17) is 4.74 Å². The molecule has 0 saturated heterocycles. The third-order valence-corrected chi connectivity index (χ3v) is 3.47. The minimum absolute atomic E-state index is 0.267. The normalized spacial score (nSPS) is 13.7. The van der Waals surface area contributed by atoms with Crippen LogP contribution in [-0.2, 0) is 9.53 Å².